The largest absolute Gasteiger partial charge is 0.487 e. The van der Waals surface area contributed by atoms with Gasteiger partial charge in [0.15, 0.2) is 5.69 Å². The molecule has 0 amide bonds. The van der Waals surface area contributed by atoms with Crippen LogP contribution < -0.4 is 4.74 Å². The van der Waals surface area contributed by atoms with Gasteiger partial charge in [0.1, 0.15) is 23.7 Å². The first-order chi connectivity index (χ1) is 12.6. The molecule has 1 aromatic heterocycles. The van der Waals surface area contributed by atoms with E-state index in [0.717, 1.165) is 0 Å². The van der Waals surface area contributed by atoms with Crippen molar-refractivity contribution >= 4 is 29.2 Å². The monoisotopic (exact) mass is 391 g/mol. The number of esters is 1. The molecule has 26 heavy (non-hydrogen) atoms. The Balaban J connectivity index is 1.96. The Bertz CT molecular complexity index is 893. The molecule has 0 unspecified atom stereocenters. The summed E-state index contributed by atoms with van der Waals surface area (Å²) in [6.07, 6.45) is 0. The van der Waals surface area contributed by atoms with Crippen LogP contribution >= 0.6 is 23.2 Å². The molecule has 3 rings (SSSR count). The summed E-state index contributed by atoms with van der Waals surface area (Å²) in [6, 6.07) is 14.2. The quantitative estimate of drug-likeness (QED) is 0.585. The van der Waals surface area contributed by atoms with Gasteiger partial charge in [-0.05, 0) is 31.2 Å². The van der Waals surface area contributed by atoms with E-state index < -0.39 is 5.97 Å². The lowest BCUT2D eigenvalue weighted by atomic mass is 10.3. The molecule has 3 aromatic rings. The molecular formula is C18H15Cl2N3O3. The number of hydrogen-bond acceptors (Lipinski definition) is 5. The first-order valence-electron chi connectivity index (χ1n) is 7.85. The van der Waals surface area contributed by atoms with E-state index in [4.69, 9.17) is 32.7 Å². The minimum atomic E-state index is -0.589. The molecule has 0 fully saturated rings. The summed E-state index contributed by atoms with van der Waals surface area (Å²) < 4.78 is 10.7. The number of halogens is 2. The van der Waals surface area contributed by atoms with Gasteiger partial charge >= 0.3 is 5.97 Å². The zero-order valence-electron chi connectivity index (χ0n) is 13.9. The van der Waals surface area contributed by atoms with Crippen LogP contribution in [-0.4, -0.2) is 27.6 Å². The zero-order valence-corrected chi connectivity index (χ0v) is 15.4. The number of carbonyl (C=O) groups is 1. The molecular weight excluding hydrogens is 377 g/mol. The third kappa shape index (κ3) is 3.98. The van der Waals surface area contributed by atoms with E-state index in [1.54, 1.807) is 37.3 Å². The van der Waals surface area contributed by atoms with Gasteiger partial charge in [-0.25, -0.2) is 4.79 Å². The maximum absolute atomic E-state index is 12.2. The van der Waals surface area contributed by atoms with Crippen molar-refractivity contribution in [2.75, 3.05) is 6.61 Å². The van der Waals surface area contributed by atoms with Gasteiger partial charge in [-0.1, -0.05) is 47.5 Å². The number of nitrogens with zero attached hydrogens (tertiary/aromatic N) is 3. The van der Waals surface area contributed by atoms with Crippen molar-refractivity contribution in [1.82, 2.24) is 15.0 Å². The Morgan fingerprint density at radius 3 is 2.38 bits per heavy atom. The fourth-order valence-corrected chi connectivity index (χ4v) is 2.79. The number of rotatable bonds is 6. The number of aromatic nitrogens is 3. The normalized spacial score (nSPS) is 10.6. The molecule has 1 heterocycles. The SMILES string of the molecule is CCOC(=O)c1nn(-c2c(Cl)cccc2Cl)nc1COc1ccccc1. The Hall–Kier alpha value is -2.57. The molecule has 0 bridgehead atoms. The van der Waals surface area contributed by atoms with Crippen LogP contribution in [0, 0.1) is 0 Å². The number of hydrogen-bond donors (Lipinski definition) is 0. The third-order valence-electron chi connectivity index (χ3n) is 3.41. The Morgan fingerprint density at radius 2 is 1.73 bits per heavy atom. The van der Waals surface area contributed by atoms with Crippen LogP contribution in [0.5, 0.6) is 5.75 Å². The molecule has 134 valence electrons. The predicted molar refractivity (Wildman–Crippen MR) is 98.1 cm³/mol. The first-order valence-corrected chi connectivity index (χ1v) is 8.61. The molecule has 0 aliphatic heterocycles. The van der Waals surface area contributed by atoms with E-state index in [-0.39, 0.29) is 18.9 Å². The van der Waals surface area contributed by atoms with Gasteiger partial charge in [0.25, 0.3) is 0 Å². The second-order valence-corrected chi connectivity index (χ2v) is 5.99. The van der Waals surface area contributed by atoms with Crippen LogP contribution in [0.15, 0.2) is 48.5 Å². The lowest BCUT2D eigenvalue weighted by Crippen LogP contribution is -2.10. The van der Waals surface area contributed by atoms with Crippen molar-refractivity contribution in [2.45, 2.75) is 13.5 Å². The van der Waals surface area contributed by atoms with E-state index >= 15 is 0 Å². The number of ether oxygens (including phenoxy) is 2. The van der Waals surface area contributed by atoms with Gasteiger partial charge in [-0.2, -0.15) is 0 Å². The van der Waals surface area contributed by atoms with E-state index in [1.807, 2.05) is 18.2 Å². The molecule has 8 heteroatoms. The summed E-state index contributed by atoms with van der Waals surface area (Å²) in [5.74, 6) is 0.0567. The summed E-state index contributed by atoms with van der Waals surface area (Å²) >= 11 is 12.4. The first kappa shape index (κ1) is 18.2. The van der Waals surface area contributed by atoms with Crippen LogP contribution in [0.25, 0.3) is 5.69 Å². The van der Waals surface area contributed by atoms with Gasteiger partial charge in [0.05, 0.1) is 16.7 Å². The van der Waals surface area contributed by atoms with E-state index in [0.29, 0.717) is 27.2 Å². The molecule has 6 nitrogen and oxygen atoms in total. The fraction of sp³-hybridized carbons (Fsp3) is 0.167. The Kier molecular flexibility index (Phi) is 5.75. The van der Waals surface area contributed by atoms with Crippen molar-refractivity contribution in [1.29, 1.82) is 0 Å². The van der Waals surface area contributed by atoms with Crippen LogP contribution in [0.3, 0.4) is 0 Å². The van der Waals surface area contributed by atoms with Crippen LogP contribution in [-0.2, 0) is 11.3 Å². The van der Waals surface area contributed by atoms with Gasteiger partial charge in [-0.3, -0.25) is 0 Å². The van der Waals surface area contributed by atoms with Crippen LogP contribution in [0.4, 0.5) is 0 Å². The van der Waals surface area contributed by atoms with Gasteiger partial charge < -0.3 is 9.47 Å². The van der Waals surface area contributed by atoms with Gasteiger partial charge in [0.2, 0.25) is 0 Å². The van der Waals surface area contributed by atoms with Crippen LogP contribution in [0.2, 0.25) is 10.0 Å². The van der Waals surface area contributed by atoms with E-state index in [2.05, 4.69) is 10.2 Å². The number of para-hydroxylation sites is 2. The summed E-state index contributed by atoms with van der Waals surface area (Å²) in [6.45, 7) is 1.98. The zero-order chi connectivity index (χ0) is 18.5. The highest BCUT2D eigenvalue weighted by molar-refractivity contribution is 6.37. The lowest BCUT2D eigenvalue weighted by Gasteiger charge is -2.05. The Labute approximate surface area is 160 Å². The second kappa shape index (κ2) is 8.21. The summed E-state index contributed by atoms with van der Waals surface area (Å²) in [4.78, 5) is 13.5. The van der Waals surface area contributed by atoms with Gasteiger partial charge in [0, 0.05) is 0 Å². The summed E-state index contributed by atoms with van der Waals surface area (Å²) in [5.41, 5.74) is 0.759. The van der Waals surface area contributed by atoms with Crippen molar-refractivity contribution in [3.05, 3.63) is 70.0 Å². The molecule has 0 N–H and O–H groups in total. The lowest BCUT2D eigenvalue weighted by molar-refractivity contribution is 0.0516. The second-order valence-electron chi connectivity index (χ2n) is 5.18. The molecule has 0 atom stereocenters. The van der Waals surface area contributed by atoms with E-state index in [1.165, 1.54) is 4.80 Å². The van der Waals surface area contributed by atoms with E-state index in [9.17, 15) is 4.79 Å². The highest BCUT2D eigenvalue weighted by atomic mass is 35.5. The maximum atomic E-state index is 12.2. The van der Waals surface area contributed by atoms with Crippen molar-refractivity contribution < 1.29 is 14.3 Å². The summed E-state index contributed by atoms with van der Waals surface area (Å²) in [7, 11) is 0. The standard InChI is InChI=1S/C18H15Cl2N3O3/c1-2-25-18(24)16-15(11-26-12-7-4-3-5-8-12)21-23(22-16)17-13(19)9-6-10-14(17)20/h3-10H,2,11H2,1H3. The Morgan fingerprint density at radius 1 is 1.04 bits per heavy atom. The van der Waals surface area contributed by atoms with Crippen LogP contribution in [0.1, 0.15) is 23.1 Å². The number of benzene rings is 2. The smallest absolute Gasteiger partial charge is 0.360 e. The average Bonchev–Trinajstić information content (AvgIpc) is 3.05. The topological polar surface area (TPSA) is 66.2 Å². The van der Waals surface area contributed by atoms with Crippen molar-refractivity contribution in [3.63, 3.8) is 0 Å². The molecule has 0 aliphatic rings. The molecule has 0 spiro atoms. The minimum absolute atomic E-state index is 0.0419. The molecule has 0 radical (unpaired) electrons. The molecule has 0 saturated heterocycles. The minimum Gasteiger partial charge on any atom is -0.487 e. The van der Waals surface area contributed by atoms with Crippen molar-refractivity contribution in [3.8, 4) is 11.4 Å². The highest BCUT2D eigenvalue weighted by Gasteiger charge is 2.22. The summed E-state index contributed by atoms with van der Waals surface area (Å²) in [5, 5.41) is 9.27. The number of carbonyl (C=O) groups excluding carboxylic acids is 1. The molecule has 0 saturated carbocycles. The maximum Gasteiger partial charge on any atom is 0.360 e. The highest BCUT2D eigenvalue weighted by Crippen LogP contribution is 2.27. The molecule has 2 aromatic carbocycles. The average molecular weight is 392 g/mol. The molecule has 0 aliphatic carbocycles. The van der Waals surface area contributed by atoms with Crippen molar-refractivity contribution in [2.24, 2.45) is 0 Å². The third-order valence-corrected chi connectivity index (χ3v) is 4.02. The predicted octanol–water partition coefficient (Wildman–Crippen LogP) is 4.33. The fourth-order valence-electron chi connectivity index (χ4n) is 2.24. The van der Waals surface area contributed by atoms with Gasteiger partial charge in [-0.15, -0.1) is 15.0 Å².